The van der Waals surface area contributed by atoms with Crippen LogP contribution in [0.4, 0.5) is 5.82 Å². The number of hydrogen-bond acceptors (Lipinski definition) is 4. The Labute approximate surface area is 106 Å². The zero-order valence-corrected chi connectivity index (χ0v) is 9.95. The smallest absolute Gasteiger partial charge is 0.358 e. The van der Waals surface area contributed by atoms with Crippen molar-refractivity contribution in [3.05, 3.63) is 56.1 Å². The largest absolute Gasteiger partial charge is 0.408 e. The van der Waals surface area contributed by atoms with E-state index in [9.17, 15) is 14.9 Å². The van der Waals surface area contributed by atoms with Crippen LogP contribution in [0.3, 0.4) is 0 Å². The van der Waals surface area contributed by atoms with Gasteiger partial charge in [-0.1, -0.05) is 17.7 Å². The predicted octanol–water partition coefficient (Wildman–Crippen LogP) is 1.31. The molecule has 18 heavy (non-hydrogen) atoms. The molecular formula is C10H9ClN4O3. The van der Waals surface area contributed by atoms with Crippen molar-refractivity contribution in [2.24, 2.45) is 0 Å². The Morgan fingerprint density at radius 2 is 2.17 bits per heavy atom. The van der Waals surface area contributed by atoms with E-state index in [2.05, 4.69) is 5.10 Å². The third-order valence-electron chi connectivity index (χ3n) is 2.34. The first-order valence-electron chi connectivity index (χ1n) is 5.11. The Bertz CT molecular complexity index is 634. The van der Waals surface area contributed by atoms with Crippen LogP contribution in [0.5, 0.6) is 0 Å². The highest BCUT2D eigenvalue weighted by molar-refractivity contribution is 6.32. The molecule has 0 radical (unpaired) electrons. The number of nitrogens with zero attached hydrogens (tertiary/aromatic N) is 4. The van der Waals surface area contributed by atoms with Crippen molar-refractivity contribution in [1.82, 2.24) is 14.3 Å². The van der Waals surface area contributed by atoms with E-state index in [1.807, 2.05) is 0 Å². The van der Waals surface area contributed by atoms with Crippen LogP contribution in [0.15, 0.2) is 35.4 Å². The lowest BCUT2D eigenvalue weighted by atomic mass is 10.4. The molecule has 2 rings (SSSR count). The first-order valence-corrected chi connectivity index (χ1v) is 5.48. The third kappa shape index (κ3) is 2.57. The normalized spacial score (nSPS) is 10.5. The molecule has 0 atom stereocenters. The van der Waals surface area contributed by atoms with Gasteiger partial charge in [0.2, 0.25) is 0 Å². The molecule has 0 amide bonds. The van der Waals surface area contributed by atoms with Gasteiger partial charge in [0.25, 0.3) is 5.56 Å². The second-order valence-corrected chi connectivity index (χ2v) is 3.96. The van der Waals surface area contributed by atoms with Gasteiger partial charge in [0.1, 0.15) is 0 Å². The van der Waals surface area contributed by atoms with Gasteiger partial charge in [-0.3, -0.25) is 4.79 Å². The Morgan fingerprint density at radius 3 is 2.78 bits per heavy atom. The molecule has 0 spiro atoms. The summed E-state index contributed by atoms with van der Waals surface area (Å²) in [6, 6.07) is 4.83. The summed E-state index contributed by atoms with van der Waals surface area (Å²) in [6.07, 6.45) is 3.01. The van der Waals surface area contributed by atoms with E-state index in [4.69, 9.17) is 11.6 Å². The molecule has 2 aromatic heterocycles. The van der Waals surface area contributed by atoms with Crippen molar-refractivity contribution in [1.29, 1.82) is 0 Å². The molecule has 8 heteroatoms. The molecule has 0 fully saturated rings. The molecule has 0 unspecified atom stereocenters. The highest BCUT2D eigenvalue weighted by Crippen LogP contribution is 2.20. The van der Waals surface area contributed by atoms with E-state index < -0.39 is 4.92 Å². The minimum atomic E-state index is -0.645. The molecule has 7 nitrogen and oxygen atoms in total. The summed E-state index contributed by atoms with van der Waals surface area (Å²) in [5, 5.41) is 14.3. The van der Waals surface area contributed by atoms with E-state index in [0.29, 0.717) is 13.1 Å². The first kappa shape index (κ1) is 12.3. The zero-order chi connectivity index (χ0) is 13.1. The molecule has 94 valence electrons. The Hall–Kier alpha value is -2.15. The van der Waals surface area contributed by atoms with Gasteiger partial charge in [0, 0.05) is 18.8 Å². The number of aryl methyl sites for hydroxylation is 2. The monoisotopic (exact) mass is 268 g/mol. The first-order chi connectivity index (χ1) is 8.58. The summed E-state index contributed by atoms with van der Waals surface area (Å²) in [5.74, 6) is -0.378. The van der Waals surface area contributed by atoms with Crippen molar-refractivity contribution in [2.75, 3.05) is 0 Å². The summed E-state index contributed by atoms with van der Waals surface area (Å²) >= 11 is 5.66. The molecule has 0 N–H and O–H groups in total. The van der Waals surface area contributed by atoms with Gasteiger partial charge in [-0.2, -0.15) is 4.68 Å². The summed E-state index contributed by atoms with van der Waals surface area (Å²) in [4.78, 5) is 21.3. The minimum absolute atomic E-state index is 0.0135. The van der Waals surface area contributed by atoms with Gasteiger partial charge >= 0.3 is 5.82 Å². The van der Waals surface area contributed by atoms with E-state index >= 15 is 0 Å². The van der Waals surface area contributed by atoms with Crippen LogP contribution in [0.1, 0.15) is 0 Å². The Balaban J connectivity index is 2.12. The number of halogens is 1. The average molecular weight is 269 g/mol. The lowest BCUT2D eigenvalue weighted by Gasteiger charge is -2.02. The van der Waals surface area contributed by atoms with Crippen molar-refractivity contribution in [2.45, 2.75) is 13.1 Å². The van der Waals surface area contributed by atoms with Crippen LogP contribution >= 0.6 is 11.6 Å². The van der Waals surface area contributed by atoms with E-state index in [1.165, 1.54) is 21.5 Å². The number of hydrogen-bond donors (Lipinski definition) is 0. The van der Waals surface area contributed by atoms with Crippen molar-refractivity contribution in [3.8, 4) is 0 Å². The standard InChI is InChI=1S/C10H9ClN4O3/c11-8-7-14(12-10(8)15(17)18)6-5-13-4-2-1-3-9(13)16/h1-4,7H,5-6H2. The summed E-state index contributed by atoms with van der Waals surface area (Å²) in [5.41, 5.74) is -0.134. The fourth-order valence-corrected chi connectivity index (χ4v) is 1.70. The maximum Gasteiger partial charge on any atom is 0.408 e. The quantitative estimate of drug-likeness (QED) is 0.618. The van der Waals surface area contributed by atoms with Crippen LogP contribution in [0, 0.1) is 10.1 Å². The SMILES string of the molecule is O=c1ccccn1CCn1cc(Cl)c([N+](=O)[O-])n1. The molecule has 0 aliphatic rings. The van der Waals surface area contributed by atoms with E-state index in [0.717, 1.165) is 0 Å². The highest BCUT2D eigenvalue weighted by Gasteiger charge is 2.18. The van der Waals surface area contributed by atoms with Gasteiger partial charge in [-0.05, 0) is 11.0 Å². The van der Waals surface area contributed by atoms with Crippen molar-refractivity contribution < 1.29 is 4.92 Å². The molecule has 0 saturated carbocycles. The van der Waals surface area contributed by atoms with Gasteiger partial charge in [-0.25, -0.2) is 0 Å². The lowest BCUT2D eigenvalue weighted by Crippen LogP contribution is -2.20. The van der Waals surface area contributed by atoms with Gasteiger partial charge in [0.05, 0.1) is 17.8 Å². The third-order valence-corrected chi connectivity index (χ3v) is 2.61. The maximum atomic E-state index is 11.4. The second kappa shape index (κ2) is 5.01. The Kier molecular flexibility index (Phi) is 3.42. The van der Waals surface area contributed by atoms with Gasteiger partial charge in [0.15, 0.2) is 5.02 Å². The van der Waals surface area contributed by atoms with Crippen LogP contribution in [0.25, 0.3) is 0 Å². The second-order valence-electron chi connectivity index (χ2n) is 3.55. The van der Waals surface area contributed by atoms with Crippen LogP contribution in [-0.2, 0) is 13.1 Å². The number of aromatic nitrogens is 3. The van der Waals surface area contributed by atoms with Gasteiger partial charge < -0.3 is 14.7 Å². The number of nitro groups is 1. The van der Waals surface area contributed by atoms with E-state index in [-0.39, 0.29) is 16.4 Å². The van der Waals surface area contributed by atoms with Crippen LogP contribution in [-0.4, -0.2) is 19.3 Å². The number of rotatable bonds is 4. The topological polar surface area (TPSA) is 83.0 Å². The lowest BCUT2D eigenvalue weighted by molar-refractivity contribution is -0.389. The molecule has 0 aliphatic heterocycles. The van der Waals surface area contributed by atoms with E-state index in [1.54, 1.807) is 18.3 Å². The number of pyridine rings is 1. The van der Waals surface area contributed by atoms with Gasteiger partial charge in [-0.15, -0.1) is 0 Å². The molecule has 2 aromatic rings. The maximum absolute atomic E-state index is 11.4. The van der Waals surface area contributed by atoms with Crippen molar-refractivity contribution >= 4 is 17.4 Å². The van der Waals surface area contributed by atoms with Crippen molar-refractivity contribution in [3.63, 3.8) is 0 Å². The predicted molar refractivity (Wildman–Crippen MR) is 64.6 cm³/mol. The molecule has 0 bridgehead atoms. The summed E-state index contributed by atoms with van der Waals surface area (Å²) in [6.45, 7) is 0.701. The molecule has 0 aliphatic carbocycles. The molecular weight excluding hydrogens is 260 g/mol. The summed E-state index contributed by atoms with van der Waals surface area (Å²) < 4.78 is 2.83. The zero-order valence-electron chi connectivity index (χ0n) is 9.19. The fraction of sp³-hybridized carbons (Fsp3) is 0.200. The van der Waals surface area contributed by atoms with Crippen LogP contribution in [0.2, 0.25) is 5.02 Å². The minimum Gasteiger partial charge on any atom is -0.358 e. The fourth-order valence-electron chi connectivity index (χ4n) is 1.48. The molecule has 0 saturated heterocycles. The van der Waals surface area contributed by atoms with Crippen LogP contribution < -0.4 is 5.56 Å². The Morgan fingerprint density at radius 1 is 1.39 bits per heavy atom. The average Bonchev–Trinajstić information content (AvgIpc) is 2.70. The highest BCUT2D eigenvalue weighted by atomic mass is 35.5. The molecule has 2 heterocycles. The molecule has 0 aromatic carbocycles. The summed E-state index contributed by atoms with van der Waals surface area (Å²) in [7, 11) is 0.